The van der Waals surface area contributed by atoms with E-state index in [2.05, 4.69) is 46.0 Å². The van der Waals surface area contributed by atoms with E-state index in [-0.39, 0.29) is 17.6 Å². The van der Waals surface area contributed by atoms with Crippen LogP contribution in [-0.4, -0.2) is 55.1 Å². The van der Waals surface area contributed by atoms with Crippen LogP contribution in [0, 0.1) is 18.7 Å². The van der Waals surface area contributed by atoms with E-state index in [4.69, 9.17) is 0 Å². The fourth-order valence-corrected chi connectivity index (χ4v) is 5.67. The van der Waals surface area contributed by atoms with Gasteiger partial charge < -0.3 is 14.7 Å². The quantitative estimate of drug-likeness (QED) is 0.611. The van der Waals surface area contributed by atoms with Gasteiger partial charge in [-0.15, -0.1) is 0 Å². The van der Waals surface area contributed by atoms with E-state index in [0.717, 1.165) is 60.9 Å². The van der Waals surface area contributed by atoms with Crippen molar-refractivity contribution >= 4 is 38.3 Å². The highest BCUT2D eigenvalue weighted by atomic mass is 32.1. The van der Waals surface area contributed by atoms with Crippen LogP contribution in [0.25, 0.3) is 10.2 Å². The van der Waals surface area contributed by atoms with Crippen molar-refractivity contribution in [2.45, 2.75) is 19.8 Å². The highest BCUT2D eigenvalue weighted by Crippen LogP contribution is 2.32. The van der Waals surface area contributed by atoms with Crippen LogP contribution in [0.5, 0.6) is 0 Å². The summed E-state index contributed by atoms with van der Waals surface area (Å²) in [6.07, 6.45) is 1.90. The fraction of sp³-hybridized carbons (Fsp3) is 0.417. The molecule has 0 radical (unpaired) electrons. The molecule has 1 unspecified atom stereocenters. The number of thiazole rings is 1. The SMILES string of the molecule is Cc1cccc(N2CCN(C(=O)C3CCCN(c4nc5ccc(F)cc5s4)C3)CC2)c1. The van der Waals surface area contributed by atoms with Crippen LogP contribution < -0.4 is 9.80 Å². The van der Waals surface area contributed by atoms with Crippen LogP contribution in [0.4, 0.5) is 15.2 Å². The van der Waals surface area contributed by atoms with Gasteiger partial charge in [-0.05, 0) is 55.7 Å². The van der Waals surface area contributed by atoms with Crippen molar-refractivity contribution in [1.29, 1.82) is 0 Å². The molecule has 2 aliphatic rings. The third-order valence-electron chi connectivity index (χ3n) is 6.34. The Morgan fingerprint density at radius 1 is 1.06 bits per heavy atom. The molecule has 1 amide bonds. The first-order valence-electron chi connectivity index (χ1n) is 11.0. The molecule has 2 aliphatic heterocycles. The molecule has 0 saturated carbocycles. The predicted octanol–water partition coefficient (Wildman–Crippen LogP) is 4.31. The minimum absolute atomic E-state index is 0.00279. The molecule has 2 fully saturated rings. The van der Waals surface area contributed by atoms with Gasteiger partial charge >= 0.3 is 0 Å². The summed E-state index contributed by atoms with van der Waals surface area (Å²) in [5, 5.41) is 0.891. The van der Waals surface area contributed by atoms with Crippen molar-refractivity contribution in [3.8, 4) is 0 Å². The Labute approximate surface area is 186 Å². The van der Waals surface area contributed by atoms with E-state index in [9.17, 15) is 9.18 Å². The Morgan fingerprint density at radius 2 is 1.90 bits per heavy atom. The zero-order valence-corrected chi connectivity index (χ0v) is 18.6. The summed E-state index contributed by atoms with van der Waals surface area (Å²) < 4.78 is 14.4. The molecule has 1 atom stereocenters. The smallest absolute Gasteiger partial charge is 0.227 e. The number of rotatable bonds is 3. The van der Waals surface area contributed by atoms with Gasteiger partial charge in [-0.3, -0.25) is 4.79 Å². The van der Waals surface area contributed by atoms with Crippen molar-refractivity contribution in [2.24, 2.45) is 5.92 Å². The van der Waals surface area contributed by atoms with Crippen molar-refractivity contribution in [2.75, 3.05) is 49.1 Å². The van der Waals surface area contributed by atoms with Crippen molar-refractivity contribution in [3.63, 3.8) is 0 Å². The lowest BCUT2D eigenvalue weighted by Gasteiger charge is -2.39. The van der Waals surface area contributed by atoms with E-state index in [1.54, 1.807) is 6.07 Å². The molecule has 1 aromatic heterocycles. The first-order chi connectivity index (χ1) is 15.1. The molecule has 5 rings (SSSR count). The number of carbonyl (C=O) groups is 1. The van der Waals surface area contributed by atoms with Gasteiger partial charge in [-0.25, -0.2) is 9.37 Å². The molecular formula is C24H27FN4OS. The number of piperidine rings is 1. The molecule has 2 saturated heterocycles. The average molecular weight is 439 g/mol. The number of carbonyl (C=O) groups excluding carboxylic acids is 1. The summed E-state index contributed by atoms with van der Waals surface area (Å²) in [5.41, 5.74) is 3.32. The predicted molar refractivity (Wildman–Crippen MR) is 124 cm³/mol. The van der Waals surface area contributed by atoms with E-state index >= 15 is 0 Å². The minimum atomic E-state index is -0.237. The molecular weight excluding hydrogens is 411 g/mol. The molecule has 2 aromatic carbocycles. The standard InChI is InChI=1S/C24H27FN4OS/c1-17-4-2-6-20(14-17)27-10-12-28(13-11-27)23(30)18-5-3-9-29(16-18)24-26-21-8-7-19(25)15-22(21)31-24/h2,4,6-8,14-15,18H,3,5,9-13,16H2,1H3. The molecule has 5 nitrogen and oxygen atoms in total. The summed E-state index contributed by atoms with van der Waals surface area (Å²) in [4.78, 5) is 24.5. The molecule has 3 heterocycles. The Kier molecular flexibility index (Phi) is 5.52. The lowest BCUT2D eigenvalue weighted by Crippen LogP contribution is -2.52. The van der Waals surface area contributed by atoms with Crippen LogP contribution in [0.3, 0.4) is 0 Å². The number of hydrogen-bond donors (Lipinski definition) is 0. The number of benzene rings is 2. The maximum atomic E-state index is 13.5. The topological polar surface area (TPSA) is 39.7 Å². The van der Waals surface area contributed by atoms with Crippen LogP contribution >= 0.6 is 11.3 Å². The Hall–Kier alpha value is -2.67. The van der Waals surface area contributed by atoms with Crippen molar-refractivity contribution in [1.82, 2.24) is 9.88 Å². The van der Waals surface area contributed by atoms with Gasteiger partial charge in [-0.1, -0.05) is 23.5 Å². The lowest BCUT2D eigenvalue weighted by atomic mass is 9.96. The molecule has 0 N–H and O–H groups in total. The summed E-state index contributed by atoms with van der Waals surface area (Å²) >= 11 is 1.51. The highest BCUT2D eigenvalue weighted by Gasteiger charge is 2.32. The van der Waals surface area contributed by atoms with Crippen molar-refractivity contribution < 1.29 is 9.18 Å². The Balaban J connectivity index is 1.22. The number of aryl methyl sites for hydroxylation is 1. The largest absolute Gasteiger partial charge is 0.368 e. The summed E-state index contributed by atoms with van der Waals surface area (Å²) in [5.74, 6) is 0.0305. The zero-order valence-electron chi connectivity index (χ0n) is 17.8. The average Bonchev–Trinajstić information content (AvgIpc) is 3.22. The highest BCUT2D eigenvalue weighted by molar-refractivity contribution is 7.22. The van der Waals surface area contributed by atoms with Crippen LogP contribution in [0.1, 0.15) is 18.4 Å². The summed E-state index contributed by atoms with van der Waals surface area (Å²) in [6, 6.07) is 13.3. The van der Waals surface area contributed by atoms with E-state index in [1.165, 1.54) is 34.7 Å². The summed E-state index contributed by atoms with van der Waals surface area (Å²) in [6.45, 7) is 6.98. The van der Waals surface area contributed by atoms with E-state index in [1.807, 2.05) is 4.90 Å². The van der Waals surface area contributed by atoms with Gasteiger partial charge in [0.15, 0.2) is 5.13 Å². The van der Waals surface area contributed by atoms with Crippen LogP contribution in [0.15, 0.2) is 42.5 Å². The second-order valence-electron chi connectivity index (χ2n) is 8.54. The van der Waals surface area contributed by atoms with Gasteiger partial charge in [0.1, 0.15) is 5.82 Å². The second-order valence-corrected chi connectivity index (χ2v) is 9.55. The van der Waals surface area contributed by atoms with Gasteiger partial charge in [0, 0.05) is 45.0 Å². The molecule has 3 aromatic rings. The normalized spacial score (nSPS) is 19.8. The molecule has 0 spiro atoms. The van der Waals surface area contributed by atoms with Crippen LogP contribution in [0.2, 0.25) is 0 Å². The maximum Gasteiger partial charge on any atom is 0.227 e. The van der Waals surface area contributed by atoms with Gasteiger partial charge in [-0.2, -0.15) is 0 Å². The number of aromatic nitrogens is 1. The third-order valence-corrected chi connectivity index (χ3v) is 7.42. The maximum absolute atomic E-state index is 13.5. The minimum Gasteiger partial charge on any atom is -0.368 e. The molecule has 0 bridgehead atoms. The summed E-state index contributed by atoms with van der Waals surface area (Å²) in [7, 11) is 0. The van der Waals surface area contributed by atoms with Gasteiger partial charge in [0.05, 0.1) is 16.1 Å². The molecule has 31 heavy (non-hydrogen) atoms. The number of piperazine rings is 1. The van der Waals surface area contributed by atoms with Gasteiger partial charge in [0.2, 0.25) is 5.91 Å². The number of anilines is 2. The zero-order chi connectivity index (χ0) is 21.4. The first-order valence-corrected chi connectivity index (χ1v) is 11.8. The number of amides is 1. The third kappa shape index (κ3) is 4.24. The number of hydrogen-bond acceptors (Lipinski definition) is 5. The van der Waals surface area contributed by atoms with Gasteiger partial charge in [0.25, 0.3) is 0 Å². The lowest BCUT2D eigenvalue weighted by molar-refractivity contribution is -0.136. The Bertz CT molecular complexity index is 1090. The number of nitrogens with zero attached hydrogens (tertiary/aromatic N) is 4. The molecule has 0 aliphatic carbocycles. The number of halogens is 1. The molecule has 7 heteroatoms. The van der Waals surface area contributed by atoms with E-state index in [0.29, 0.717) is 6.54 Å². The monoisotopic (exact) mass is 438 g/mol. The Morgan fingerprint density at radius 3 is 2.71 bits per heavy atom. The molecule has 162 valence electrons. The number of fused-ring (bicyclic) bond motifs is 1. The van der Waals surface area contributed by atoms with E-state index < -0.39 is 0 Å². The van der Waals surface area contributed by atoms with Crippen LogP contribution in [-0.2, 0) is 4.79 Å². The fourth-order valence-electron chi connectivity index (χ4n) is 4.64. The second kappa shape index (κ2) is 8.46. The first kappa shape index (κ1) is 20.2. The van der Waals surface area contributed by atoms with Crippen molar-refractivity contribution in [3.05, 3.63) is 53.8 Å².